The van der Waals surface area contributed by atoms with Gasteiger partial charge in [-0.3, -0.25) is 14.3 Å². The van der Waals surface area contributed by atoms with Crippen LogP contribution in [0.5, 0.6) is 0 Å². The summed E-state index contributed by atoms with van der Waals surface area (Å²) in [5.41, 5.74) is 2.38. The molecule has 0 aromatic carbocycles. The predicted molar refractivity (Wildman–Crippen MR) is 130 cm³/mol. The first-order valence-corrected chi connectivity index (χ1v) is 11.9. The Morgan fingerprint density at radius 2 is 1.91 bits per heavy atom. The van der Waals surface area contributed by atoms with E-state index >= 15 is 0 Å². The molecule has 3 aromatic rings. The van der Waals surface area contributed by atoms with Crippen molar-refractivity contribution in [1.29, 1.82) is 0 Å². The highest BCUT2D eigenvalue weighted by atomic mass is 16.2. The molecule has 0 saturated heterocycles. The second kappa shape index (κ2) is 9.62. The summed E-state index contributed by atoms with van der Waals surface area (Å²) >= 11 is 0. The fourth-order valence-electron chi connectivity index (χ4n) is 4.24. The number of anilines is 2. The van der Waals surface area contributed by atoms with Gasteiger partial charge in [-0.25, -0.2) is 9.97 Å². The van der Waals surface area contributed by atoms with Crippen molar-refractivity contribution in [1.82, 2.24) is 25.1 Å². The van der Waals surface area contributed by atoms with E-state index in [0.29, 0.717) is 11.4 Å². The first-order chi connectivity index (χ1) is 16.5. The minimum absolute atomic E-state index is 0.167. The van der Waals surface area contributed by atoms with Gasteiger partial charge in [0.2, 0.25) is 0 Å². The summed E-state index contributed by atoms with van der Waals surface area (Å²) in [4.78, 5) is 34.7. The summed E-state index contributed by atoms with van der Waals surface area (Å²) in [6.45, 7) is 0.925. The summed E-state index contributed by atoms with van der Waals surface area (Å²) < 4.78 is 1.52. The first-order valence-electron chi connectivity index (χ1n) is 11.9. The Hall–Kier alpha value is -3.75. The Morgan fingerprint density at radius 3 is 2.71 bits per heavy atom. The quantitative estimate of drug-likeness (QED) is 0.474. The maximum absolute atomic E-state index is 13.0. The Kier molecular flexibility index (Phi) is 6.24. The number of aromatic nitrogens is 4. The van der Waals surface area contributed by atoms with E-state index in [0.717, 1.165) is 49.5 Å². The monoisotopic (exact) mass is 459 g/mol. The number of carbonyl (C=O) groups excluding carboxylic acids is 2. The molecular formula is C25H29N7O2. The molecule has 34 heavy (non-hydrogen) atoms. The van der Waals surface area contributed by atoms with E-state index in [2.05, 4.69) is 31.0 Å². The lowest BCUT2D eigenvalue weighted by molar-refractivity contribution is 0.0933. The zero-order valence-corrected chi connectivity index (χ0v) is 19.3. The van der Waals surface area contributed by atoms with Crippen LogP contribution >= 0.6 is 0 Å². The van der Waals surface area contributed by atoms with Gasteiger partial charge in [0.1, 0.15) is 11.5 Å². The third-order valence-electron chi connectivity index (χ3n) is 6.29. The van der Waals surface area contributed by atoms with Crippen LogP contribution in [0, 0.1) is 5.92 Å². The van der Waals surface area contributed by atoms with Crippen molar-refractivity contribution in [3.05, 3.63) is 54.1 Å². The van der Waals surface area contributed by atoms with E-state index in [1.165, 1.54) is 17.5 Å². The number of amides is 2. The normalized spacial score (nSPS) is 15.8. The van der Waals surface area contributed by atoms with Crippen molar-refractivity contribution in [2.75, 3.05) is 17.2 Å². The molecule has 9 nitrogen and oxygen atoms in total. The molecule has 0 spiro atoms. The lowest BCUT2D eigenvalue weighted by atomic mass is 10.1. The number of carbonyl (C=O) groups is 2. The molecular weight excluding hydrogens is 430 g/mol. The molecule has 0 aliphatic heterocycles. The Labute approximate surface area is 198 Å². The van der Waals surface area contributed by atoms with Gasteiger partial charge in [0.25, 0.3) is 11.8 Å². The van der Waals surface area contributed by atoms with Crippen LogP contribution in [-0.4, -0.2) is 44.1 Å². The SMILES string of the molecule is Cn1cc(NC(=O)c2cccc(-c3ccnc(NCC4CC4)c3)n2)c(C(=O)NC2CCCC2)n1. The second-order valence-electron chi connectivity index (χ2n) is 9.14. The van der Waals surface area contributed by atoms with Gasteiger partial charge in [-0.1, -0.05) is 18.9 Å². The number of pyridine rings is 2. The number of nitrogens with one attached hydrogen (secondary N) is 3. The van der Waals surface area contributed by atoms with E-state index in [4.69, 9.17) is 0 Å². The first kappa shape index (κ1) is 22.1. The highest BCUT2D eigenvalue weighted by Gasteiger charge is 2.24. The largest absolute Gasteiger partial charge is 0.370 e. The second-order valence-corrected chi connectivity index (χ2v) is 9.14. The minimum Gasteiger partial charge on any atom is -0.370 e. The Balaban J connectivity index is 1.30. The summed E-state index contributed by atoms with van der Waals surface area (Å²) in [5.74, 6) is 0.876. The van der Waals surface area contributed by atoms with Crippen molar-refractivity contribution in [3.8, 4) is 11.3 Å². The van der Waals surface area contributed by atoms with Crippen LogP contribution < -0.4 is 16.0 Å². The molecule has 2 saturated carbocycles. The highest BCUT2D eigenvalue weighted by molar-refractivity contribution is 6.07. The maximum Gasteiger partial charge on any atom is 0.274 e. The van der Waals surface area contributed by atoms with Gasteiger partial charge < -0.3 is 16.0 Å². The molecule has 2 amide bonds. The van der Waals surface area contributed by atoms with Crippen LogP contribution in [0.2, 0.25) is 0 Å². The molecule has 3 heterocycles. The third-order valence-corrected chi connectivity index (χ3v) is 6.29. The number of hydrogen-bond acceptors (Lipinski definition) is 6. The Morgan fingerprint density at radius 1 is 1.09 bits per heavy atom. The minimum atomic E-state index is -0.397. The molecule has 0 bridgehead atoms. The summed E-state index contributed by atoms with van der Waals surface area (Å²) in [6.07, 6.45) is 10.1. The van der Waals surface area contributed by atoms with E-state index < -0.39 is 5.91 Å². The highest BCUT2D eigenvalue weighted by Crippen LogP contribution is 2.29. The summed E-state index contributed by atoms with van der Waals surface area (Å²) in [5, 5.41) is 13.5. The molecule has 3 aromatic heterocycles. The molecule has 9 heteroatoms. The molecule has 2 aliphatic carbocycles. The third kappa shape index (κ3) is 5.24. The average molecular weight is 460 g/mol. The molecule has 176 valence electrons. The lowest BCUT2D eigenvalue weighted by Gasteiger charge is -2.11. The predicted octanol–water partition coefficient (Wildman–Crippen LogP) is 3.62. The van der Waals surface area contributed by atoms with Crippen LogP contribution in [-0.2, 0) is 7.05 Å². The summed E-state index contributed by atoms with van der Waals surface area (Å²) in [7, 11) is 1.72. The van der Waals surface area contributed by atoms with Gasteiger partial charge in [-0.2, -0.15) is 5.10 Å². The van der Waals surface area contributed by atoms with Crippen LogP contribution in [0.4, 0.5) is 11.5 Å². The molecule has 0 atom stereocenters. The van der Waals surface area contributed by atoms with Gasteiger partial charge in [0.15, 0.2) is 5.69 Å². The number of rotatable bonds is 8. The van der Waals surface area contributed by atoms with Crippen LogP contribution in [0.25, 0.3) is 11.3 Å². The molecule has 0 radical (unpaired) electrons. The molecule has 0 unspecified atom stereocenters. The van der Waals surface area contributed by atoms with Crippen molar-refractivity contribution in [3.63, 3.8) is 0 Å². The van der Waals surface area contributed by atoms with Crippen molar-refractivity contribution < 1.29 is 9.59 Å². The number of nitrogens with zero attached hydrogens (tertiary/aromatic N) is 4. The smallest absolute Gasteiger partial charge is 0.274 e. The van der Waals surface area contributed by atoms with E-state index in [-0.39, 0.29) is 23.3 Å². The van der Waals surface area contributed by atoms with Gasteiger partial charge in [0.05, 0.1) is 11.4 Å². The fourth-order valence-corrected chi connectivity index (χ4v) is 4.24. The number of hydrogen-bond donors (Lipinski definition) is 3. The molecule has 3 N–H and O–H groups in total. The zero-order valence-electron chi connectivity index (χ0n) is 19.3. The fraction of sp³-hybridized carbons (Fsp3) is 0.400. The zero-order chi connectivity index (χ0) is 23.5. The number of aryl methyl sites for hydroxylation is 1. The van der Waals surface area contributed by atoms with Crippen molar-refractivity contribution >= 4 is 23.3 Å². The lowest BCUT2D eigenvalue weighted by Crippen LogP contribution is -2.33. The summed E-state index contributed by atoms with van der Waals surface area (Å²) in [6, 6.07) is 9.30. The molecule has 2 fully saturated rings. The van der Waals surface area contributed by atoms with Crippen LogP contribution in [0.3, 0.4) is 0 Å². The Bertz CT molecular complexity index is 1200. The van der Waals surface area contributed by atoms with Gasteiger partial charge in [0, 0.05) is 37.6 Å². The van der Waals surface area contributed by atoms with Gasteiger partial charge in [-0.05, 0) is 55.9 Å². The van der Waals surface area contributed by atoms with Crippen molar-refractivity contribution in [2.45, 2.75) is 44.6 Å². The van der Waals surface area contributed by atoms with E-state index in [9.17, 15) is 9.59 Å². The molecule has 5 rings (SSSR count). The van der Waals surface area contributed by atoms with Gasteiger partial charge in [-0.15, -0.1) is 0 Å². The van der Waals surface area contributed by atoms with Gasteiger partial charge >= 0.3 is 0 Å². The molecule has 2 aliphatic rings. The topological polar surface area (TPSA) is 114 Å². The maximum atomic E-state index is 13.0. The van der Waals surface area contributed by atoms with Crippen molar-refractivity contribution in [2.24, 2.45) is 13.0 Å². The van der Waals surface area contributed by atoms with E-state index in [1.807, 2.05) is 18.2 Å². The average Bonchev–Trinajstić information content (AvgIpc) is 3.41. The van der Waals surface area contributed by atoms with Crippen LogP contribution in [0.15, 0.2) is 42.7 Å². The van der Waals surface area contributed by atoms with E-state index in [1.54, 1.807) is 31.6 Å². The van der Waals surface area contributed by atoms with Crippen LogP contribution in [0.1, 0.15) is 59.5 Å². The standard InChI is InChI=1S/C25H29N7O2/c1-32-15-21(23(31-32)25(34)28-18-5-2-3-6-18)30-24(33)20-8-4-7-19(29-20)17-11-12-26-22(13-17)27-14-16-9-10-16/h4,7-8,11-13,15-16,18H,2-3,5-6,9-10,14H2,1H3,(H,26,27)(H,28,34)(H,30,33).